The summed E-state index contributed by atoms with van der Waals surface area (Å²) in [5, 5.41) is 3.02. The number of nitrogens with zero attached hydrogens (tertiary/aromatic N) is 1. The monoisotopic (exact) mass is 677 g/mol. The average Bonchev–Trinajstić information content (AvgIpc) is 3.21. The molecule has 0 spiro atoms. The smallest absolute Gasteiger partial charge is 0.245 e. The lowest BCUT2D eigenvalue weighted by Crippen LogP contribution is -2.53. The van der Waals surface area contributed by atoms with Gasteiger partial charge < -0.3 is 20.7 Å². The lowest BCUT2D eigenvalue weighted by molar-refractivity contribution is -0.141. The summed E-state index contributed by atoms with van der Waals surface area (Å²) in [5.41, 5.74) is 11.3. The third-order valence-electron chi connectivity index (χ3n) is 8.72. The van der Waals surface area contributed by atoms with Crippen LogP contribution in [0.1, 0.15) is 91.5 Å². The van der Waals surface area contributed by atoms with Gasteiger partial charge in [-0.25, -0.2) is 0 Å². The van der Waals surface area contributed by atoms with E-state index in [1.807, 2.05) is 89.2 Å². The van der Waals surface area contributed by atoms with Crippen molar-refractivity contribution in [2.45, 2.75) is 98.6 Å². The van der Waals surface area contributed by atoms with E-state index in [1.54, 1.807) is 4.90 Å². The molecule has 0 radical (unpaired) electrons. The fraction of sp³-hybridized carbons (Fsp3) is 0.553. The number of ether oxygens (including phenoxy) is 1. The molecule has 0 saturated carbocycles. The summed E-state index contributed by atoms with van der Waals surface area (Å²) >= 11 is 0. The van der Waals surface area contributed by atoms with Crippen LogP contribution in [-0.4, -0.2) is 47.0 Å². The first kappa shape index (κ1) is 39.0. The van der Waals surface area contributed by atoms with Gasteiger partial charge in [0.15, 0.2) is 0 Å². The normalized spacial score (nSPS) is 16.8. The van der Waals surface area contributed by atoms with E-state index in [-0.39, 0.29) is 30.1 Å². The molecule has 268 valence electrons. The van der Waals surface area contributed by atoms with Crippen molar-refractivity contribution in [1.82, 2.24) is 21.1 Å². The summed E-state index contributed by atoms with van der Waals surface area (Å²) in [4.78, 5) is 67.6. The largest absolute Gasteiger partial charge is 0.457 e. The van der Waals surface area contributed by atoms with Crippen LogP contribution in [0.4, 0.5) is 0 Å². The highest BCUT2D eigenvalue weighted by atomic mass is 16.5. The molecule has 1 heterocycles. The Bertz CT molecular complexity index is 1400. The van der Waals surface area contributed by atoms with Crippen molar-refractivity contribution in [2.24, 2.45) is 35.3 Å². The number of nitrogens with one attached hydrogen (secondary N) is 3. The number of benzene rings is 2. The highest BCUT2D eigenvalue weighted by Crippen LogP contribution is 2.27. The molecule has 0 unspecified atom stereocenters. The number of hydrogen-bond donors (Lipinski definition) is 4. The molecule has 1 aliphatic heterocycles. The minimum absolute atomic E-state index is 0.0928. The molecule has 49 heavy (non-hydrogen) atoms. The van der Waals surface area contributed by atoms with Gasteiger partial charge >= 0.3 is 0 Å². The van der Waals surface area contributed by atoms with Crippen molar-refractivity contribution < 1.29 is 28.7 Å². The van der Waals surface area contributed by atoms with Crippen molar-refractivity contribution in [3.05, 3.63) is 60.2 Å². The van der Waals surface area contributed by atoms with E-state index in [2.05, 4.69) is 16.2 Å². The predicted molar refractivity (Wildman–Crippen MR) is 189 cm³/mol. The number of amides is 5. The van der Waals surface area contributed by atoms with Crippen molar-refractivity contribution in [2.75, 3.05) is 6.54 Å². The molecule has 4 atom stereocenters. The molecule has 5 amide bonds. The summed E-state index contributed by atoms with van der Waals surface area (Å²) in [5.74, 6) is -2.59. The lowest BCUT2D eigenvalue weighted by Gasteiger charge is -2.30. The highest BCUT2D eigenvalue weighted by molar-refractivity contribution is 5.92. The van der Waals surface area contributed by atoms with Gasteiger partial charge in [0.1, 0.15) is 17.5 Å². The van der Waals surface area contributed by atoms with Crippen LogP contribution in [0.2, 0.25) is 0 Å². The van der Waals surface area contributed by atoms with E-state index in [1.165, 1.54) is 0 Å². The molecule has 0 aromatic heterocycles. The minimum atomic E-state index is -0.739. The first-order valence-corrected chi connectivity index (χ1v) is 17.7. The van der Waals surface area contributed by atoms with Gasteiger partial charge in [-0.2, -0.15) is 0 Å². The van der Waals surface area contributed by atoms with Crippen LogP contribution in [0.15, 0.2) is 54.6 Å². The van der Waals surface area contributed by atoms with Crippen LogP contribution in [0.25, 0.3) is 0 Å². The predicted octanol–water partition coefficient (Wildman–Crippen LogP) is 5.24. The molecule has 3 rings (SSSR count). The quantitative estimate of drug-likeness (QED) is 0.168. The summed E-state index contributed by atoms with van der Waals surface area (Å²) < 4.78 is 5.99. The third kappa shape index (κ3) is 12.9. The minimum Gasteiger partial charge on any atom is -0.457 e. The molecule has 1 aliphatic rings. The zero-order chi connectivity index (χ0) is 35.9. The molecule has 11 nitrogen and oxygen atoms in total. The van der Waals surface area contributed by atoms with Crippen LogP contribution < -0.4 is 26.6 Å². The van der Waals surface area contributed by atoms with Gasteiger partial charge in [0, 0.05) is 31.3 Å². The molecule has 2 aromatic rings. The van der Waals surface area contributed by atoms with Crippen LogP contribution in [0.5, 0.6) is 11.5 Å². The van der Waals surface area contributed by atoms with Gasteiger partial charge in [0.25, 0.3) is 0 Å². The zero-order valence-electron chi connectivity index (χ0n) is 29.7. The SMILES string of the molecule is CCC[C@H](C(=O)NNC(=O)[C@@H](CC(N)=O)CC(C)C)[C@@H](CC(C)C)C(=O)N[C@H]1CCCCN(Cc2cccc(Oc3ccccc3)c2)C1=O. The Morgan fingerprint density at radius 3 is 2.18 bits per heavy atom. The standard InChI is InChI=1S/C38H55N5O6/c1-6-13-31(37(47)42-41-35(45)28(20-25(2)3)23-34(39)44)32(21-26(4)5)36(46)40-33-18-10-11-19-43(38(33)48)24-27-14-12-17-30(22-27)49-29-15-8-7-9-16-29/h7-9,12,14-17,22,25-26,28,31-33H,6,10-11,13,18-21,23-24H2,1-5H3,(H2,39,44)(H,40,46)(H,41,45)(H,42,47)/t28-,31+,32-,33+/m1/s1. The number of para-hydroxylation sites is 1. The highest BCUT2D eigenvalue weighted by Gasteiger charge is 2.37. The van der Waals surface area contributed by atoms with Gasteiger partial charge in [0.05, 0.1) is 5.92 Å². The molecule has 2 aromatic carbocycles. The van der Waals surface area contributed by atoms with Crippen molar-refractivity contribution >= 4 is 29.5 Å². The third-order valence-corrected chi connectivity index (χ3v) is 8.72. The van der Waals surface area contributed by atoms with Gasteiger partial charge in [0.2, 0.25) is 29.5 Å². The van der Waals surface area contributed by atoms with E-state index in [0.717, 1.165) is 24.2 Å². The second-order valence-electron chi connectivity index (χ2n) is 14.0. The van der Waals surface area contributed by atoms with Gasteiger partial charge in [-0.3, -0.25) is 34.8 Å². The lowest BCUT2D eigenvalue weighted by atomic mass is 9.81. The number of nitrogens with two attached hydrogens (primary N) is 1. The fourth-order valence-electron chi connectivity index (χ4n) is 6.43. The number of likely N-dealkylation sites (tertiary alicyclic amines) is 1. The van der Waals surface area contributed by atoms with Crippen molar-refractivity contribution in [3.63, 3.8) is 0 Å². The fourth-order valence-corrected chi connectivity index (χ4v) is 6.43. The second-order valence-corrected chi connectivity index (χ2v) is 14.0. The van der Waals surface area contributed by atoms with Crippen LogP contribution >= 0.6 is 0 Å². The molecular weight excluding hydrogens is 622 g/mol. The Kier molecular flexibility index (Phi) is 15.6. The first-order chi connectivity index (χ1) is 23.4. The topological polar surface area (TPSA) is 160 Å². The zero-order valence-corrected chi connectivity index (χ0v) is 29.7. The second kappa shape index (κ2) is 19.6. The van der Waals surface area contributed by atoms with Gasteiger partial charge in [-0.05, 0) is 80.2 Å². The molecule has 11 heteroatoms. The Morgan fingerprint density at radius 1 is 0.857 bits per heavy atom. The van der Waals surface area contributed by atoms with E-state index in [9.17, 15) is 24.0 Å². The maximum Gasteiger partial charge on any atom is 0.245 e. The number of hydrazine groups is 1. The number of rotatable bonds is 17. The van der Waals surface area contributed by atoms with E-state index in [4.69, 9.17) is 10.5 Å². The molecule has 1 fully saturated rings. The van der Waals surface area contributed by atoms with E-state index >= 15 is 0 Å². The number of primary amides is 1. The Balaban J connectivity index is 1.71. The number of carbonyl (C=O) groups is 5. The summed E-state index contributed by atoms with van der Waals surface area (Å²) in [6.45, 7) is 10.7. The number of hydrogen-bond acceptors (Lipinski definition) is 6. The Morgan fingerprint density at radius 2 is 1.53 bits per heavy atom. The molecule has 0 aliphatic carbocycles. The summed E-state index contributed by atoms with van der Waals surface area (Å²) in [6, 6.07) is 16.4. The number of carbonyl (C=O) groups excluding carboxylic acids is 5. The average molecular weight is 678 g/mol. The van der Waals surface area contributed by atoms with Crippen LogP contribution in [0.3, 0.4) is 0 Å². The molecule has 1 saturated heterocycles. The molecule has 0 bridgehead atoms. The summed E-state index contributed by atoms with van der Waals surface area (Å²) in [6.07, 6.45) is 3.86. The van der Waals surface area contributed by atoms with Crippen LogP contribution in [0, 0.1) is 29.6 Å². The molecule has 5 N–H and O–H groups in total. The first-order valence-electron chi connectivity index (χ1n) is 17.7. The Labute approximate surface area is 291 Å². The maximum atomic E-state index is 14.0. The van der Waals surface area contributed by atoms with Gasteiger partial charge in [-0.15, -0.1) is 0 Å². The maximum absolute atomic E-state index is 14.0. The Hall–Kier alpha value is -4.41. The van der Waals surface area contributed by atoms with E-state index in [0.29, 0.717) is 50.9 Å². The van der Waals surface area contributed by atoms with E-state index < -0.39 is 41.5 Å². The van der Waals surface area contributed by atoms with Crippen molar-refractivity contribution in [1.29, 1.82) is 0 Å². The summed E-state index contributed by atoms with van der Waals surface area (Å²) in [7, 11) is 0. The molecular formula is C38H55N5O6. The van der Waals surface area contributed by atoms with Gasteiger partial charge in [-0.1, -0.05) is 71.4 Å². The van der Waals surface area contributed by atoms with Crippen LogP contribution in [-0.2, 0) is 30.5 Å². The van der Waals surface area contributed by atoms with Crippen molar-refractivity contribution in [3.8, 4) is 11.5 Å².